The SMILES string of the molecule is COCCN(CCO)C(=O)c1cc2cc(Br)ccc2o1. The summed E-state index contributed by atoms with van der Waals surface area (Å²) in [5, 5.41) is 9.90. The largest absolute Gasteiger partial charge is 0.451 e. The monoisotopic (exact) mass is 341 g/mol. The highest BCUT2D eigenvalue weighted by Crippen LogP contribution is 2.24. The quantitative estimate of drug-likeness (QED) is 0.875. The number of halogens is 1. The van der Waals surface area contributed by atoms with Crippen LogP contribution in [0.4, 0.5) is 0 Å². The zero-order chi connectivity index (χ0) is 14.5. The zero-order valence-corrected chi connectivity index (χ0v) is 12.7. The first kappa shape index (κ1) is 15.0. The van der Waals surface area contributed by atoms with Gasteiger partial charge in [-0.25, -0.2) is 0 Å². The Balaban J connectivity index is 2.23. The lowest BCUT2D eigenvalue weighted by Crippen LogP contribution is -2.35. The maximum absolute atomic E-state index is 12.3. The minimum absolute atomic E-state index is 0.0960. The number of hydrogen-bond donors (Lipinski definition) is 1. The van der Waals surface area contributed by atoms with Crippen molar-refractivity contribution < 1.29 is 19.1 Å². The van der Waals surface area contributed by atoms with Gasteiger partial charge in [-0.05, 0) is 24.3 Å². The second kappa shape index (κ2) is 6.88. The molecular formula is C14H16BrNO4. The molecule has 0 aliphatic carbocycles. The summed E-state index contributed by atoms with van der Waals surface area (Å²) in [7, 11) is 1.57. The molecule has 2 rings (SSSR count). The van der Waals surface area contributed by atoms with Gasteiger partial charge < -0.3 is 19.2 Å². The summed E-state index contributed by atoms with van der Waals surface area (Å²) >= 11 is 3.38. The van der Waals surface area contributed by atoms with Crippen molar-refractivity contribution >= 4 is 32.8 Å². The van der Waals surface area contributed by atoms with Gasteiger partial charge >= 0.3 is 0 Å². The van der Waals surface area contributed by atoms with E-state index in [0.29, 0.717) is 18.7 Å². The van der Waals surface area contributed by atoms with Crippen LogP contribution in [0.2, 0.25) is 0 Å². The Morgan fingerprint density at radius 2 is 2.20 bits per heavy atom. The van der Waals surface area contributed by atoms with E-state index in [2.05, 4.69) is 15.9 Å². The predicted octanol–water partition coefficient (Wildman–Crippen LogP) is 2.28. The summed E-state index contributed by atoms with van der Waals surface area (Å²) in [5.74, 6) is 0.0195. The van der Waals surface area contributed by atoms with E-state index < -0.39 is 0 Å². The molecule has 0 fully saturated rings. The summed E-state index contributed by atoms with van der Waals surface area (Å²) < 4.78 is 11.5. The third-order valence-corrected chi connectivity index (χ3v) is 3.40. The van der Waals surface area contributed by atoms with Crippen molar-refractivity contribution in [3.05, 3.63) is 34.5 Å². The summed E-state index contributed by atoms with van der Waals surface area (Å²) in [6.45, 7) is 0.984. The molecule has 108 valence electrons. The van der Waals surface area contributed by atoms with Gasteiger partial charge in [-0.1, -0.05) is 15.9 Å². The lowest BCUT2D eigenvalue weighted by atomic mass is 10.2. The Labute approximate surface area is 125 Å². The van der Waals surface area contributed by atoms with Crippen LogP contribution in [-0.2, 0) is 4.74 Å². The summed E-state index contributed by atoms with van der Waals surface area (Å²) in [6.07, 6.45) is 0. The van der Waals surface area contributed by atoms with E-state index in [4.69, 9.17) is 14.3 Å². The maximum Gasteiger partial charge on any atom is 0.289 e. The molecule has 1 amide bonds. The number of fused-ring (bicyclic) bond motifs is 1. The number of furan rings is 1. The minimum Gasteiger partial charge on any atom is -0.451 e. The van der Waals surface area contributed by atoms with E-state index in [1.165, 1.54) is 4.90 Å². The van der Waals surface area contributed by atoms with Gasteiger partial charge in [-0.3, -0.25) is 4.79 Å². The number of amides is 1. The topological polar surface area (TPSA) is 62.9 Å². The summed E-state index contributed by atoms with van der Waals surface area (Å²) in [5.41, 5.74) is 0.659. The van der Waals surface area contributed by atoms with Crippen LogP contribution in [0.5, 0.6) is 0 Å². The number of ether oxygens (including phenoxy) is 1. The summed E-state index contributed by atoms with van der Waals surface area (Å²) in [6, 6.07) is 7.26. The molecule has 20 heavy (non-hydrogen) atoms. The molecule has 0 unspecified atom stereocenters. The molecule has 0 aliphatic heterocycles. The Bertz CT molecular complexity index is 596. The van der Waals surface area contributed by atoms with E-state index in [1.807, 2.05) is 18.2 Å². The fraction of sp³-hybridized carbons (Fsp3) is 0.357. The van der Waals surface area contributed by atoms with Crippen LogP contribution >= 0.6 is 15.9 Å². The van der Waals surface area contributed by atoms with Gasteiger partial charge in [-0.15, -0.1) is 0 Å². The van der Waals surface area contributed by atoms with E-state index in [-0.39, 0.29) is 24.8 Å². The number of carbonyl (C=O) groups is 1. The summed E-state index contributed by atoms with van der Waals surface area (Å²) in [4.78, 5) is 13.9. The van der Waals surface area contributed by atoms with E-state index in [9.17, 15) is 4.79 Å². The predicted molar refractivity (Wildman–Crippen MR) is 78.8 cm³/mol. The van der Waals surface area contributed by atoms with Gasteiger partial charge in [0.25, 0.3) is 5.91 Å². The number of benzene rings is 1. The molecule has 0 saturated carbocycles. The number of rotatable bonds is 6. The lowest BCUT2D eigenvalue weighted by Gasteiger charge is -2.19. The third kappa shape index (κ3) is 3.39. The zero-order valence-electron chi connectivity index (χ0n) is 11.1. The molecule has 0 radical (unpaired) electrons. The van der Waals surface area contributed by atoms with Crippen molar-refractivity contribution in [1.29, 1.82) is 0 Å². The van der Waals surface area contributed by atoms with Crippen LogP contribution in [0.15, 0.2) is 33.2 Å². The van der Waals surface area contributed by atoms with Crippen molar-refractivity contribution in [2.24, 2.45) is 0 Å². The molecular weight excluding hydrogens is 326 g/mol. The highest BCUT2D eigenvalue weighted by molar-refractivity contribution is 9.10. The smallest absolute Gasteiger partial charge is 0.289 e. The molecule has 0 bridgehead atoms. The number of nitrogens with zero attached hydrogens (tertiary/aromatic N) is 1. The van der Waals surface area contributed by atoms with E-state index >= 15 is 0 Å². The van der Waals surface area contributed by atoms with Crippen LogP contribution < -0.4 is 0 Å². The van der Waals surface area contributed by atoms with Crippen molar-refractivity contribution in [3.8, 4) is 0 Å². The van der Waals surface area contributed by atoms with Gasteiger partial charge in [-0.2, -0.15) is 0 Å². The Hall–Kier alpha value is -1.37. The fourth-order valence-electron chi connectivity index (χ4n) is 1.91. The molecule has 0 saturated heterocycles. The van der Waals surface area contributed by atoms with Crippen LogP contribution in [0.1, 0.15) is 10.6 Å². The first-order valence-corrected chi connectivity index (χ1v) is 7.03. The first-order chi connectivity index (χ1) is 9.65. The Morgan fingerprint density at radius 1 is 1.40 bits per heavy atom. The van der Waals surface area contributed by atoms with E-state index in [1.54, 1.807) is 13.2 Å². The molecule has 1 N–H and O–H groups in total. The van der Waals surface area contributed by atoms with Crippen molar-refractivity contribution in [2.45, 2.75) is 0 Å². The van der Waals surface area contributed by atoms with Crippen molar-refractivity contribution in [2.75, 3.05) is 33.4 Å². The Kier molecular flexibility index (Phi) is 5.17. The van der Waals surface area contributed by atoms with Crippen molar-refractivity contribution in [3.63, 3.8) is 0 Å². The lowest BCUT2D eigenvalue weighted by molar-refractivity contribution is 0.0628. The molecule has 0 aliphatic rings. The molecule has 1 aromatic heterocycles. The van der Waals surface area contributed by atoms with E-state index in [0.717, 1.165) is 9.86 Å². The average Bonchev–Trinajstić information content (AvgIpc) is 2.85. The molecule has 2 aromatic rings. The standard InChI is InChI=1S/C14H16BrNO4/c1-19-7-5-16(4-6-17)14(18)13-9-10-8-11(15)2-3-12(10)20-13/h2-3,8-9,17H,4-7H2,1H3. The van der Waals surface area contributed by atoms with Crippen LogP contribution in [0.25, 0.3) is 11.0 Å². The first-order valence-electron chi connectivity index (χ1n) is 6.24. The van der Waals surface area contributed by atoms with Crippen molar-refractivity contribution in [1.82, 2.24) is 4.90 Å². The molecule has 1 heterocycles. The highest BCUT2D eigenvalue weighted by Gasteiger charge is 2.19. The minimum atomic E-state index is -0.247. The normalized spacial score (nSPS) is 10.9. The molecule has 0 atom stereocenters. The average molecular weight is 342 g/mol. The van der Waals surface area contributed by atoms with Gasteiger partial charge in [0, 0.05) is 30.1 Å². The molecule has 6 heteroatoms. The number of carbonyl (C=O) groups excluding carboxylic acids is 1. The number of methoxy groups -OCH3 is 1. The molecule has 0 spiro atoms. The second-order valence-electron chi connectivity index (χ2n) is 4.30. The fourth-order valence-corrected chi connectivity index (χ4v) is 2.29. The van der Waals surface area contributed by atoms with Gasteiger partial charge in [0.1, 0.15) is 5.58 Å². The number of hydrogen-bond acceptors (Lipinski definition) is 4. The maximum atomic E-state index is 12.3. The molecule has 1 aromatic carbocycles. The third-order valence-electron chi connectivity index (χ3n) is 2.91. The Morgan fingerprint density at radius 3 is 2.90 bits per heavy atom. The van der Waals surface area contributed by atoms with Gasteiger partial charge in [0.05, 0.1) is 13.2 Å². The number of aliphatic hydroxyl groups is 1. The van der Waals surface area contributed by atoms with Gasteiger partial charge in [0.2, 0.25) is 0 Å². The second-order valence-corrected chi connectivity index (χ2v) is 5.22. The van der Waals surface area contributed by atoms with Gasteiger partial charge in [0.15, 0.2) is 5.76 Å². The highest BCUT2D eigenvalue weighted by atomic mass is 79.9. The molecule has 5 nitrogen and oxygen atoms in total. The van der Waals surface area contributed by atoms with Crippen LogP contribution in [-0.4, -0.2) is 49.3 Å². The van der Waals surface area contributed by atoms with Crippen LogP contribution in [0, 0.1) is 0 Å². The van der Waals surface area contributed by atoms with Crippen LogP contribution in [0.3, 0.4) is 0 Å². The number of aliphatic hydroxyl groups excluding tert-OH is 1.